The van der Waals surface area contributed by atoms with E-state index in [0.717, 1.165) is 31.5 Å². The number of aliphatic imine (C=N–C) groups is 1. The van der Waals surface area contributed by atoms with E-state index < -0.39 is 6.04 Å². The van der Waals surface area contributed by atoms with Gasteiger partial charge in [0, 0.05) is 26.1 Å². The molecule has 3 aliphatic rings. The highest BCUT2D eigenvalue weighted by molar-refractivity contribution is 5.92. The standard InChI is InChI=1S/C18H22N4O2/c23-15-9-12-21-17(14-7-3-1-4-8-14)16(19-13-22(15)21)18(24)20-10-5-2-6-11-20/h1,3-4,7-8,13,16-17H,2,5-6,9-12H2/t16-,17+/m0/s1. The molecule has 0 bridgehead atoms. The van der Waals surface area contributed by atoms with E-state index in [1.807, 2.05) is 40.2 Å². The van der Waals surface area contributed by atoms with Crippen LogP contribution in [0, 0.1) is 0 Å². The average molecular weight is 326 g/mol. The van der Waals surface area contributed by atoms with Gasteiger partial charge in [-0.3, -0.25) is 14.6 Å². The zero-order valence-corrected chi connectivity index (χ0v) is 13.7. The van der Waals surface area contributed by atoms with Crippen molar-refractivity contribution in [3.8, 4) is 0 Å². The lowest BCUT2D eigenvalue weighted by Gasteiger charge is -2.41. The summed E-state index contributed by atoms with van der Waals surface area (Å²) in [7, 11) is 0. The van der Waals surface area contributed by atoms with Gasteiger partial charge in [0.1, 0.15) is 6.34 Å². The third-order valence-electron chi connectivity index (χ3n) is 5.11. The van der Waals surface area contributed by atoms with Crippen LogP contribution in [0.4, 0.5) is 0 Å². The summed E-state index contributed by atoms with van der Waals surface area (Å²) in [6, 6.07) is 9.25. The van der Waals surface area contributed by atoms with Crippen LogP contribution in [0.1, 0.15) is 37.3 Å². The van der Waals surface area contributed by atoms with E-state index in [9.17, 15) is 9.59 Å². The molecule has 2 atom stereocenters. The number of carbonyl (C=O) groups excluding carboxylic acids is 2. The van der Waals surface area contributed by atoms with Crippen LogP contribution in [-0.4, -0.2) is 58.7 Å². The number of hydrazine groups is 1. The van der Waals surface area contributed by atoms with Crippen molar-refractivity contribution < 1.29 is 9.59 Å². The molecule has 0 saturated carbocycles. The summed E-state index contributed by atoms with van der Waals surface area (Å²) in [6.07, 6.45) is 5.33. The maximum absolute atomic E-state index is 13.1. The molecule has 6 nitrogen and oxygen atoms in total. The van der Waals surface area contributed by atoms with Gasteiger partial charge < -0.3 is 4.90 Å². The second-order valence-electron chi connectivity index (χ2n) is 6.60. The van der Waals surface area contributed by atoms with E-state index in [4.69, 9.17) is 0 Å². The first-order valence-electron chi connectivity index (χ1n) is 8.71. The quantitative estimate of drug-likeness (QED) is 0.829. The number of fused-ring (bicyclic) bond motifs is 1. The Kier molecular flexibility index (Phi) is 4.06. The van der Waals surface area contributed by atoms with Gasteiger partial charge in [-0.15, -0.1) is 0 Å². The maximum Gasteiger partial charge on any atom is 0.249 e. The molecule has 1 aromatic carbocycles. The van der Waals surface area contributed by atoms with Crippen molar-refractivity contribution in [2.75, 3.05) is 19.6 Å². The number of nitrogens with zero attached hydrogens (tertiary/aromatic N) is 4. The summed E-state index contributed by atoms with van der Waals surface area (Å²) in [5, 5.41) is 3.58. The molecule has 2 amide bonds. The van der Waals surface area contributed by atoms with Gasteiger partial charge in [0.15, 0.2) is 6.04 Å². The Labute approximate surface area is 141 Å². The van der Waals surface area contributed by atoms with Gasteiger partial charge >= 0.3 is 0 Å². The fourth-order valence-electron chi connectivity index (χ4n) is 3.86. The Hall–Kier alpha value is -2.21. The summed E-state index contributed by atoms with van der Waals surface area (Å²) in [5.74, 6) is 0.127. The minimum atomic E-state index is -0.479. The van der Waals surface area contributed by atoms with Crippen LogP contribution in [-0.2, 0) is 9.59 Å². The topological polar surface area (TPSA) is 56.2 Å². The van der Waals surface area contributed by atoms with Crippen LogP contribution < -0.4 is 0 Å². The second-order valence-corrected chi connectivity index (χ2v) is 6.60. The lowest BCUT2D eigenvalue weighted by molar-refractivity contribution is -0.141. The highest BCUT2D eigenvalue weighted by Gasteiger charge is 2.45. The van der Waals surface area contributed by atoms with Gasteiger partial charge in [0.25, 0.3) is 0 Å². The smallest absolute Gasteiger partial charge is 0.249 e. The van der Waals surface area contributed by atoms with E-state index >= 15 is 0 Å². The Morgan fingerprint density at radius 2 is 1.79 bits per heavy atom. The maximum atomic E-state index is 13.1. The van der Waals surface area contributed by atoms with Gasteiger partial charge in [0.2, 0.25) is 11.8 Å². The van der Waals surface area contributed by atoms with E-state index in [1.54, 1.807) is 11.3 Å². The fourth-order valence-corrected chi connectivity index (χ4v) is 3.86. The predicted molar refractivity (Wildman–Crippen MR) is 90.1 cm³/mol. The van der Waals surface area contributed by atoms with Crippen LogP contribution in [0.25, 0.3) is 0 Å². The number of benzene rings is 1. The Morgan fingerprint density at radius 1 is 1.04 bits per heavy atom. The number of likely N-dealkylation sites (tertiary alicyclic amines) is 1. The first-order chi connectivity index (χ1) is 11.8. The minimum absolute atomic E-state index is 0.0450. The van der Waals surface area contributed by atoms with Crippen molar-refractivity contribution in [1.29, 1.82) is 0 Å². The Bertz CT molecular complexity index is 654. The molecule has 3 heterocycles. The zero-order valence-electron chi connectivity index (χ0n) is 13.7. The molecule has 1 aromatic rings. The number of amides is 2. The number of hydrogen-bond acceptors (Lipinski definition) is 4. The van der Waals surface area contributed by atoms with Crippen molar-refractivity contribution in [2.45, 2.75) is 37.8 Å². The van der Waals surface area contributed by atoms with Gasteiger partial charge in [0.05, 0.1) is 6.04 Å². The summed E-state index contributed by atoms with van der Waals surface area (Å²) < 4.78 is 0. The summed E-state index contributed by atoms with van der Waals surface area (Å²) >= 11 is 0. The molecule has 2 saturated heterocycles. The van der Waals surface area contributed by atoms with Gasteiger partial charge in [-0.25, -0.2) is 10.0 Å². The molecule has 0 aromatic heterocycles. The molecule has 4 rings (SSSR count). The highest BCUT2D eigenvalue weighted by Crippen LogP contribution is 2.34. The summed E-state index contributed by atoms with van der Waals surface area (Å²) in [4.78, 5) is 31.6. The van der Waals surface area contributed by atoms with E-state index in [1.165, 1.54) is 6.42 Å². The molecule has 0 unspecified atom stereocenters. The number of carbonyl (C=O) groups is 2. The lowest BCUT2D eigenvalue weighted by Crippen LogP contribution is -2.53. The van der Waals surface area contributed by atoms with Crippen LogP contribution >= 0.6 is 0 Å². The molecule has 3 aliphatic heterocycles. The van der Waals surface area contributed by atoms with E-state index in [0.29, 0.717) is 13.0 Å². The third-order valence-corrected chi connectivity index (χ3v) is 5.11. The first-order valence-corrected chi connectivity index (χ1v) is 8.71. The van der Waals surface area contributed by atoms with Crippen LogP contribution in [0.3, 0.4) is 0 Å². The van der Waals surface area contributed by atoms with Gasteiger partial charge in [-0.2, -0.15) is 0 Å². The molecule has 126 valence electrons. The largest absolute Gasteiger partial charge is 0.341 e. The molecule has 0 aliphatic carbocycles. The number of rotatable bonds is 2. The fraction of sp³-hybridized carbons (Fsp3) is 0.500. The van der Waals surface area contributed by atoms with Gasteiger partial charge in [-0.05, 0) is 24.8 Å². The lowest BCUT2D eigenvalue weighted by atomic mass is 9.96. The third kappa shape index (κ3) is 2.60. The zero-order chi connectivity index (χ0) is 16.5. The molecule has 6 heteroatoms. The minimum Gasteiger partial charge on any atom is -0.341 e. The first kappa shape index (κ1) is 15.3. The van der Waals surface area contributed by atoms with E-state index in [2.05, 4.69) is 4.99 Å². The highest BCUT2D eigenvalue weighted by atomic mass is 16.2. The molecule has 24 heavy (non-hydrogen) atoms. The van der Waals surface area contributed by atoms with Crippen LogP contribution in [0.2, 0.25) is 0 Å². The second kappa shape index (κ2) is 6.36. The van der Waals surface area contributed by atoms with Crippen molar-refractivity contribution in [2.24, 2.45) is 4.99 Å². The molecule has 0 spiro atoms. The predicted octanol–water partition coefficient (Wildman–Crippen LogP) is 1.60. The normalized spacial score (nSPS) is 27.4. The van der Waals surface area contributed by atoms with Crippen LogP contribution in [0.5, 0.6) is 0 Å². The van der Waals surface area contributed by atoms with Crippen molar-refractivity contribution in [3.63, 3.8) is 0 Å². The monoisotopic (exact) mass is 326 g/mol. The molecular weight excluding hydrogens is 304 g/mol. The van der Waals surface area contributed by atoms with Crippen LogP contribution in [0.15, 0.2) is 35.3 Å². The molecule has 0 radical (unpaired) electrons. The Morgan fingerprint density at radius 3 is 2.54 bits per heavy atom. The SMILES string of the molecule is O=C([C@H]1N=CN2C(=O)CCN2[C@@H]1c1ccccc1)N1CCCCC1. The summed E-state index contributed by atoms with van der Waals surface area (Å²) in [6.45, 7) is 2.26. The molecule has 0 N–H and O–H groups in total. The average Bonchev–Trinajstić information content (AvgIpc) is 3.03. The number of hydrogen-bond donors (Lipinski definition) is 0. The van der Waals surface area contributed by atoms with E-state index in [-0.39, 0.29) is 17.9 Å². The van der Waals surface area contributed by atoms with Crippen molar-refractivity contribution in [1.82, 2.24) is 14.9 Å². The van der Waals surface area contributed by atoms with Gasteiger partial charge in [-0.1, -0.05) is 30.3 Å². The van der Waals surface area contributed by atoms with Crippen molar-refractivity contribution >= 4 is 18.2 Å². The summed E-state index contributed by atoms with van der Waals surface area (Å²) in [5.41, 5.74) is 1.03. The van der Waals surface area contributed by atoms with Crippen molar-refractivity contribution in [3.05, 3.63) is 35.9 Å². The number of piperidine rings is 1. The molecular formula is C18H22N4O2. The Balaban J connectivity index is 1.68. The molecule has 2 fully saturated rings.